The minimum absolute atomic E-state index is 0.0481. The summed E-state index contributed by atoms with van der Waals surface area (Å²) in [5, 5.41) is 7.75. The summed E-state index contributed by atoms with van der Waals surface area (Å²) in [7, 11) is 0. The van der Waals surface area contributed by atoms with Crippen LogP contribution in [-0.4, -0.2) is 45.6 Å². The molecule has 2 amide bonds. The molecule has 3 aromatic rings. The Bertz CT molecular complexity index is 1030. The van der Waals surface area contributed by atoms with Gasteiger partial charge in [0, 0.05) is 31.1 Å². The number of carbonyl (C=O) groups excluding carboxylic acids is 2. The van der Waals surface area contributed by atoms with E-state index >= 15 is 0 Å². The SMILES string of the molecule is O=C(NC1CCN(C(=O)C2CC2)CC1)c1cc(-c2ccco2)nn1-c1ccccc1. The van der Waals surface area contributed by atoms with Crippen molar-refractivity contribution in [2.45, 2.75) is 31.7 Å². The number of amides is 2. The zero-order chi connectivity index (χ0) is 20.5. The number of aromatic nitrogens is 2. The minimum Gasteiger partial charge on any atom is -0.463 e. The average Bonchev–Trinajstić information content (AvgIpc) is 3.30. The van der Waals surface area contributed by atoms with Crippen molar-refractivity contribution in [3.8, 4) is 17.1 Å². The van der Waals surface area contributed by atoms with Gasteiger partial charge in [-0.25, -0.2) is 4.68 Å². The number of furan rings is 1. The van der Waals surface area contributed by atoms with E-state index in [1.807, 2.05) is 41.3 Å². The topological polar surface area (TPSA) is 80.4 Å². The summed E-state index contributed by atoms with van der Waals surface area (Å²) in [5.41, 5.74) is 1.88. The fourth-order valence-corrected chi connectivity index (χ4v) is 3.95. The van der Waals surface area contributed by atoms with Gasteiger partial charge in [0.15, 0.2) is 5.76 Å². The molecule has 1 aromatic carbocycles. The maximum absolute atomic E-state index is 13.1. The monoisotopic (exact) mass is 404 g/mol. The van der Waals surface area contributed by atoms with E-state index in [1.54, 1.807) is 23.1 Å². The predicted molar refractivity (Wildman–Crippen MR) is 111 cm³/mol. The smallest absolute Gasteiger partial charge is 0.270 e. The first-order valence-corrected chi connectivity index (χ1v) is 10.5. The van der Waals surface area contributed by atoms with Crippen LogP contribution in [0.3, 0.4) is 0 Å². The Hall–Kier alpha value is -3.35. The maximum atomic E-state index is 13.1. The van der Waals surface area contributed by atoms with E-state index in [-0.39, 0.29) is 23.8 Å². The Morgan fingerprint density at radius 1 is 1.00 bits per heavy atom. The molecule has 0 unspecified atom stereocenters. The van der Waals surface area contributed by atoms with Crippen LogP contribution < -0.4 is 5.32 Å². The van der Waals surface area contributed by atoms with E-state index in [9.17, 15) is 9.59 Å². The molecule has 0 spiro atoms. The van der Waals surface area contributed by atoms with Crippen molar-refractivity contribution in [2.24, 2.45) is 5.92 Å². The van der Waals surface area contributed by atoms with E-state index in [0.717, 1.165) is 31.4 Å². The average molecular weight is 404 g/mol. The molecule has 30 heavy (non-hydrogen) atoms. The highest BCUT2D eigenvalue weighted by Gasteiger charge is 2.35. The minimum atomic E-state index is -0.170. The van der Waals surface area contributed by atoms with Gasteiger partial charge in [0.2, 0.25) is 5.91 Å². The van der Waals surface area contributed by atoms with Crippen molar-refractivity contribution >= 4 is 11.8 Å². The van der Waals surface area contributed by atoms with Crippen molar-refractivity contribution in [2.75, 3.05) is 13.1 Å². The van der Waals surface area contributed by atoms with E-state index < -0.39 is 0 Å². The molecule has 2 aliphatic rings. The number of carbonyl (C=O) groups is 2. The van der Waals surface area contributed by atoms with Gasteiger partial charge in [0.05, 0.1) is 12.0 Å². The van der Waals surface area contributed by atoms with Gasteiger partial charge >= 0.3 is 0 Å². The summed E-state index contributed by atoms with van der Waals surface area (Å²) in [6.07, 6.45) is 5.19. The van der Waals surface area contributed by atoms with Gasteiger partial charge in [-0.15, -0.1) is 0 Å². The third-order valence-corrected chi connectivity index (χ3v) is 5.78. The Labute approximate surface area is 174 Å². The zero-order valence-electron chi connectivity index (χ0n) is 16.7. The second-order valence-corrected chi connectivity index (χ2v) is 7.99. The quantitative estimate of drug-likeness (QED) is 0.708. The highest BCUT2D eigenvalue weighted by Crippen LogP contribution is 2.32. The molecule has 5 rings (SSSR count). The van der Waals surface area contributed by atoms with Crippen LogP contribution in [0.4, 0.5) is 0 Å². The zero-order valence-corrected chi connectivity index (χ0v) is 16.7. The molecule has 1 saturated carbocycles. The molecule has 0 bridgehead atoms. The Balaban J connectivity index is 1.33. The Morgan fingerprint density at radius 3 is 2.43 bits per heavy atom. The molecule has 2 fully saturated rings. The molecular weight excluding hydrogens is 380 g/mol. The number of nitrogens with one attached hydrogen (secondary N) is 1. The molecule has 2 aromatic heterocycles. The van der Waals surface area contributed by atoms with Gasteiger partial charge in [-0.2, -0.15) is 5.10 Å². The summed E-state index contributed by atoms with van der Waals surface area (Å²) in [6.45, 7) is 1.41. The van der Waals surface area contributed by atoms with Gasteiger partial charge in [-0.05, 0) is 49.9 Å². The molecule has 7 nitrogen and oxygen atoms in total. The lowest BCUT2D eigenvalue weighted by Gasteiger charge is -2.32. The lowest BCUT2D eigenvalue weighted by molar-refractivity contribution is -0.133. The molecular formula is C23H24N4O3. The summed E-state index contributed by atoms with van der Waals surface area (Å²) in [6, 6.07) is 15.0. The lowest BCUT2D eigenvalue weighted by Crippen LogP contribution is -2.47. The molecule has 0 atom stereocenters. The lowest BCUT2D eigenvalue weighted by atomic mass is 10.0. The molecule has 3 heterocycles. The number of likely N-dealkylation sites (tertiary alicyclic amines) is 1. The predicted octanol–water partition coefficient (Wildman–Crippen LogP) is 3.26. The number of hydrogen-bond acceptors (Lipinski definition) is 4. The van der Waals surface area contributed by atoms with Crippen LogP contribution in [0.5, 0.6) is 0 Å². The molecule has 154 valence electrons. The standard InChI is InChI=1S/C23H24N4O3/c28-22(24-17-10-12-26(13-11-17)23(29)16-8-9-16)20-15-19(21-7-4-14-30-21)25-27(20)18-5-2-1-3-6-18/h1-7,14-17H,8-13H2,(H,24,28). The van der Waals surface area contributed by atoms with Crippen LogP contribution in [0.1, 0.15) is 36.2 Å². The third kappa shape index (κ3) is 3.75. The second kappa shape index (κ2) is 7.82. The molecule has 1 aliphatic carbocycles. The number of rotatable bonds is 5. The van der Waals surface area contributed by atoms with E-state index in [0.29, 0.717) is 30.2 Å². The summed E-state index contributed by atoms with van der Waals surface area (Å²) in [5.74, 6) is 0.975. The van der Waals surface area contributed by atoms with Crippen molar-refractivity contribution in [3.63, 3.8) is 0 Å². The number of benzene rings is 1. The van der Waals surface area contributed by atoms with Crippen LogP contribution in [0.25, 0.3) is 17.1 Å². The first-order chi connectivity index (χ1) is 14.7. The van der Waals surface area contributed by atoms with Crippen LogP contribution in [-0.2, 0) is 4.79 Å². The largest absolute Gasteiger partial charge is 0.463 e. The van der Waals surface area contributed by atoms with Crippen molar-refractivity contribution in [3.05, 3.63) is 60.5 Å². The number of para-hydroxylation sites is 1. The van der Waals surface area contributed by atoms with E-state index in [2.05, 4.69) is 10.4 Å². The molecule has 1 saturated heterocycles. The first kappa shape index (κ1) is 18.7. The van der Waals surface area contributed by atoms with Crippen LogP contribution in [0.2, 0.25) is 0 Å². The van der Waals surface area contributed by atoms with Crippen molar-refractivity contribution in [1.29, 1.82) is 0 Å². The van der Waals surface area contributed by atoms with E-state index in [1.165, 1.54) is 0 Å². The van der Waals surface area contributed by atoms with Gasteiger partial charge < -0.3 is 14.6 Å². The first-order valence-electron chi connectivity index (χ1n) is 10.5. The Morgan fingerprint density at radius 2 is 1.77 bits per heavy atom. The number of hydrogen-bond donors (Lipinski definition) is 1. The second-order valence-electron chi connectivity index (χ2n) is 7.99. The maximum Gasteiger partial charge on any atom is 0.270 e. The highest BCUT2D eigenvalue weighted by atomic mass is 16.3. The summed E-state index contributed by atoms with van der Waals surface area (Å²) in [4.78, 5) is 27.3. The third-order valence-electron chi connectivity index (χ3n) is 5.78. The fraction of sp³-hybridized carbons (Fsp3) is 0.348. The summed E-state index contributed by atoms with van der Waals surface area (Å²) < 4.78 is 7.12. The molecule has 7 heteroatoms. The van der Waals surface area contributed by atoms with Gasteiger partial charge in [-0.3, -0.25) is 9.59 Å². The number of nitrogens with zero attached hydrogens (tertiary/aromatic N) is 3. The van der Waals surface area contributed by atoms with Crippen LogP contribution in [0, 0.1) is 5.92 Å². The molecule has 0 radical (unpaired) electrons. The van der Waals surface area contributed by atoms with Gasteiger partial charge in [-0.1, -0.05) is 18.2 Å². The molecule has 1 aliphatic heterocycles. The van der Waals surface area contributed by atoms with E-state index in [4.69, 9.17) is 4.42 Å². The van der Waals surface area contributed by atoms with Crippen molar-refractivity contribution < 1.29 is 14.0 Å². The summed E-state index contributed by atoms with van der Waals surface area (Å²) >= 11 is 0. The van der Waals surface area contributed by atoms with Gasteiger partial charge in [0.25, 0.3) is 5.91 Å². The van der Waals surface area contributed by atoms with Crippen LogP contribution >= 0.6 is 0 Å². The normalized spacial score (nSPS) is 17.1. The van der Waals surface area contributed by atoms with Crippen molar-refractivity contribution in [1.82, 2.24) is 20.0 Å². The number of piperidine rings is 1. The fourth-order valence-electron chi connectivity index (χ4n) is 3.95. The Kier molecular flexibility index (Phi) is 4.86. The highest BCUT2D eigenvalue weighted by molar-refractivity contribution is 5.94. The van der Waals surface area contributed by atoms with Crippen LogP contribution in [0.15, 0.2) is 59.2 Å². The molecule has 1 N–H and O–H groups in total. The van der Waals surface area contributed by atoms with Gasteiger partial charge in [0.1, 0.15) is 11.4 Å².